The Kier molecular flexibility index (Phi) is 4.62. The van der Waals surface area contributed by atoms with Crippen LogP contribution in [-0.2, 0) is 11.3 Å². The first-order chi connectivity index (χ1) is 9.47. The Morgan fingerprint density at radius 3 is 2.80 bits per heavy atom. The Hall–Kier alpha value is -1.59. The maximum Gasteiger partial charge on any atom is 0.338 e. The van der Waals surface area contributed by atoms with Gasteiger partial charge < -0.3 is 10.5 Å². The summed E-state index contributed by atoms with van der Waals surface area (Å²) in [7, 11) is 0. The first-order valence-corrected chi connectivity index (χ1v) is 6.80. The number of anilines is 1. The van der Waals surface area contributed by atoms with Crippen LogP contribution < -0.4 is 5.73 Å². The van der Waals surface area contributed by atoms with E-state index in [1.807, 2.05) is 0 Å². The molecule has 0 spiro atoms. The van der Waals surface area contributed by atoms with Crippen molar-refractivity contribution in [1.29, 1.82) is 0 Å². The number of benzene rings is 2. The second-order valence-corrected chi connectivity index (χ2v) is 5.39. The summed E-state index contributed by atoms with van der Waals surface area (Å²) in [4.78, 5) is 11.9. The molecule has 0 aromatic heterocycles. The van der Waals surface area contributed by atoms with Crippen molar-refractivity contribution < 1.29 is 13.9 Å². The largest absolute Gasteiger partial charge is 0.457 e. The van der Waals surface area contributed by atoms with Gasteiger partial charge in [-0.1, -0.05) is 39.7 Å². The number of carbonyl (C=O) groups is 1. The maximum absolute atomic E-state index is 13.6. The van der Waals surface area contributed by atoms with Crippen LogP contribution in [0.5, 0.6) is 0 Å². The second-order valence-electron chi connectivity index (χ2n) is 4.06. The average molecular weight is 359 g/mol. The van der Waals surface area contributed by atoms with Crippen LogP contribution in [0.3, 0.4) is 0 Å². The summed E-state index contributed by atoms with van der Waals surface area (Å²) < 4.78 is 19.3. The van der Waals surface area contributed by atoms with E-state index < -0.39 is 11.8 Å². The molecule has 2 rings (SSSR count). The van der Waals surface area contributed by atoms with Crippen molar-refractivity contribution in [3.63, 3.8) is 0 Å². The highest BCUT2D eigenvalue weighted by Gasteiger charge is 2.12. The summed E-state index contributed by atoms with van der Waals surface area (Å²) in [5.74, 6) is -1.17. The fourth-order valence-electron chi connectivity index (χ4n) is 1.62. The number of ether oxygens (including phenoxy) is 1. The van der Waals surface area contributed by atoms with E-state index in [4.69, 9.17) is 22.1 Å². The summed E-state index contributed by atoms with van der Waals surface area (Å²) in [6.45, 7) is -0.197. The summed E-state index contributed by atoms with van der Waals surface area (Å²) in [6.07, 6.45) is 0. The summed E-state index contributed by atoms with van der Waals surface area (Å²) in [6, 6.07) is 9.24. The van der Waals surface area contributed by atoms with Crippen molar-refractivity contribution in [2.45, 2.75) is 6.61 Å². The van der Waals surface area contributed by atoms with Gasteiger partial charge in [0.1, 0.15) is 12.4 Å². The van der Waals surface area contributed by atoms with Crippen molar-refractivity contribution in [2.75, 3.05) is 5.73 Å². The Morgan fingerprint density at radius 1 is 1.35 bits per heavy atom. The zero-order valence-corrected chi connectivity index (χ0v) is 12.5. The van der Waals surface area contributed by atoms with Crippen molar-refractivity contribution in [1.82, 2.24) is 0 Å². The molecule has 0 atom stereocenters. The molecule has 0 aliphatic heterocycles. The molecule has 0 aliphatic carbocycles. The molecule has 0 aliphatic rings. The van der Waals surface area contributed by atoms with Crippen LogP contribution in [-0.4, -0.2) is 5.97 Å². The molecule has 0 fully saturated rings. The van der Waals surface area contributed by atoms with Crippen LogP contribution >= 0.6 is 27.5 Å². The van der Waals surface area contributed by atoms with Gasteiger partial charge >= 0.3 is 5.97 Å². The fraction of sp³-hybridized carbons (Fsp3) is 0.0714. The Bertz CT molecular complexity index is 643. The molecule has 0 radical (unpaired) electrons. The van der Waals surface area contributed by atoms with Gasteiger partial charge in [0.2, 0.25) is 0 Å². The predicted molar refractivity (Wildman–Crippen MR) is 79.1 cm³/mol. The van der Waals surface area contributed by atoms with E-state index in [1.54, 1.807) is 18.2 Å². The van der Waals surface area contributed by atoms with E-state index in [2.05, 4.69) is 15.9 Å². The van der Waals surface area contributed by atoms with Gasteiger partial charge in [0, 0.05) is 15.7 Å². The number of halogens is 3. The fourth-order valence-corrected chi connectivity index (χ4v) is 2.32. The Labute approximate surface area is 128 Å². The number of hydrogen-bond acceptors (Lipinski definition) is 3. The molecule has 2 aromatic rings. The van der Waals surface area contributed by atoms with Gasteiger partial charge in [0.25, 0.3) is 0 Å². The van der Waals surface area contributed by atoms with Crippen molar-refractivity contribution >= 4 is 39.2 Å². The number of rotatable bonds is 3. The summed E-state index contributed by atoms with van der Waals surface area (Å²) in [5, 5.41) is -0.00903. The zero-order valence-electron chi connectivity index (χ0n) is 10.2. The van der Waals surface area contributed by atoms with Crippen LogP contribution in [0.2, 0.25) is 5.02 Å². The quantitative estimate of drug-likeness (QED) is 0.661. The highest BCUT2D eigenvalue weighted by atomic mass is 79.9. The van der Waals surface area contributed by atoms with E-state index in [1.165, 1.54) is 18.2 Å². The monoisotopic (exact) mass is 357 g/mol. The lowest BCUT2D eigenvalue weighted by molar-refractivity contribution is 0.0469. The minimum absolute atomic E-state index is 0.00903. The van der Waals surface area contributed by atoms with Crippen molar-refractivity contribution in [3.8, 4) is 0 Å². The Morgan fingerprint density at radius 2 is 2.10 bits per heavy atom. The third-order valence-electron chi connectivity index (χ3n) is 2.55. The predicted octanol–water partition coefficient (Wildman–Crippen LogP) is 4.18. The van der Waals surface area contributed by atoms with Crippen LogP contribution in [0.25, 0.3) is 0 Å². The molecule has 0 saturated carbocycles. The Balaban J connectivity index is 2.10. The molecule has 6 heteroatoms. The minimum Gasteiger partial charge on any atom is -0.457 e. The molecule has 20 heavy (non-hydrogen) atoms. The minimum atomic E-state index is -0.587. The lowest BCUT2D eigenvalue weighted by Crippen LogP contribution is -2.07. The van der Waals surface area contributed by atoms with Crippen LogP contribution in [0.4, 0.5) is 10.1 Å². The first-order valence-electron chi connectivity index (χ1n) is 5.63. The van der Waals surface area contributed by atoms with E-state index in [0.29, 0.717) is 15.7 Å². The molecule has 0 heterocycles. The highest BCUT2D eigenvalue weighted by molar-refractivity contribution is 9.10. The normalized spacial score (nSPS) is 10.3. The van der Waals surface area contributed by atoms with Crippen LogP contribution in [0.1, 0.15) is 15.9 Å². The van der Waals surface area contributed by atoms with Crippen molar-refractivity contribution in [2.24, 2.45) is 0 Å². The van der Waals surface area contributed by atoms with Crippen LogP contribution in [0.15, 0.2) is 40.9 Å². The average Bonchev–Trinajstić information content (AvgIpc) is 2.39. The third-order valence-corrected chi connectivity index (χ3v) is 3.30. The smallest absolute Gasteiger partial charge is 0.338 e. The molecule has 0 bridgehead atoms. The molecule has 2 N–H and O–H groups in total. The van der Waals surface area contributed by atoms with Gasteiger partial charge in [0.15, 0.2) is 0 Å². The van der Waals surface area contributed by atoms with Crippen molar-refractivity contribution in [3.05, 3.63) is 62.8 Å². The molecular weight excluding hydrogens is 349 g/mol. The molecule has 0 amide bonds. The number of carbonyl (C=O) groups excluding carboxylic acids is 1. The SMILES string of the molecule is Nc1cc(Br)cc(C(=O)OCc2cccc(Cl)c2F)c1. The van der Waals surface area contributed by atoms with E-state index in [0.717, 1.165) is 0 Å². The molecule has 0 unspecified atom stereocenters. The third kappa shape index (κ3) is 3.49. The van der Waals surface area contributed by atoms with Gasteiger partial charge in [-0.15, -0.1) is 0 Å². The molecule has 104 valence electrons. The number of nitrogens with two attached hydrogens (primary N) is 1. The molecule has 2 aromatic carbocycles. The number of hydrogen-bond donors (Lipinski definition) is 1. The van der Waals surface area contributed by atoms with Gasteiger partial charge in [-0.05, 0) is 24.3 Å². The lowest BCUT2D eigenvalue weighted by Gasteiger charge is -2.07. The highest BCUT2D eigenvalue weighted by Crippen LogP contribution is 2.20. The number of esters is 1. The van der Waals surface area contributed by atoms with Gasteiger partial charge in [-0.2, -0.15) is 0 Å². The van der Waals surface area contributed by atoms with Gasteiger partial charge in [-0.25, -0.2) is 9.18 Å². The standard InChI is InChI=1S/C14H10BrClFNO2/c15-10-4-9(5-11(18)6-10)14(19)20-7-8-2-1-3-12(16)13(8)17/h1-6H,7,18H2. The van der Waals surface area contributed by atoms with Gasteiger partial charge in [0.05, 0.1) is 10.6 Å². The molecular formula is C14H10BrClFNO2. The van der Waals surface area contributed by atoms with Gasteiger partial charge in [-0.3, -0.25) is 0 Å². The second kappa shape index (κ2) is 6.24. The van der Waals surface area contributed by atoms with E-state index in [9.17, 15) is 9.18 Å². The number of nitrogen functional groups attached to an aromatic ring is 1. The molecule has 0 saturated heterocycles. The lowest BCUT2D eigenvalue weighted by atomic mass is 10.2. The van der Waals surface area contributed by atoms with Crippen LogP contribution in [0, 0.1) is 5.82 Å². The topological polar surface area (TPSA) is 52.3 Å². The van der Waals surface area contributed by atoms with E-state index in [-0.39, 0.29) is 17.2 Å². The summed E-state index contributed by atoms with van der Waals surface area (Å²) >= 11 is 8.88. The summed E-state index contributed by atoms with van der Waals surface area (Å²) in [5.41, 5.74) is 6.57. The first kappa shape index (κ1) is 14.8. The zero-order chi connectivity index (χ0) is 14.7. The molecule has 3 nitrogen and oxygen atoms in total. The maximum atomic E-state index is 13.6. The van der Waals surface area contributed by atoms with E-state index >= 15 is 0 Å².